The number of aromatic nitrogens is 2. The molecule has 0 atom stereocenters. The minimum absolute atomic E-state index is 0.000530. The first-order chi connectivity index (χ1) is 14.1. The lowest BCUT2D eigenvalue weighted by molar-refractivity contribution is 0.0697. The van der Waals surface area contributed by atoms with Crippen LogP contribution in [-0.4, -0.2) is 42.1 Å². The minimum Gasteiger partial charge on any atom is -0.490 e. The van der Waals surface area contributed by atoms with Crippen LogP contribution in [0.15, 0.2) is 46.1 Å². The largest absolute Gasteiger partial charge is 0.490 e. The highest BCUT2D eigenvalue weighted by molar-refractivity contribution is 7.89. The fourth-order valence-corrected chi connectivity index (χ4v) is 3.96. The number of rotatable bonds is 7. The summed E-state index contributed by atoms with van der Waals surface area (Å²) in [6.45, 7) is 5.52. The number of carbonyl (C=O) groups is 1. The zero-order valence-corrected chi connectivity index (χ0v) is 17.4. The van der Waals surface area contributed by atoms with E-state index in [4.69, 9.17) is 9.84 Å². The van der Waals surface area contributed by atoms with Crippen molar-refractivity contribution in [2.75, 3.05) is 6.54 Å². The molecule has 1 aromatic heterocycles. The van der Waals surface area contributed by atoms with Crippen LogP contribution in [0.2, 0.25) is 0 Å². The Hall–Kier alpha value is -3.24. The molecule has 0 aliphatic rings. The number of fused-ring (bicyclic) bond motifs is 1. The number of carboxylic acids is 1. The zero-order valence-electron chi connectivity index (χ0n) is 16.6. The number of hydrogen-bond donors (Lipinski definition) is 3. The van der Waals surface area contributed by atoms with Gasteiger partial charge < -0.3 is 14.8 Å². The summed E-state index contributed by atoms with van der Waals surface area (Å²) in [6.07, 6.45) is -0.203. The standard InChI is InChI=1S/C20H21N3O6S/c1-4-21-30(27,28)13-6-8-17(29-11(2)3)15(10-13)18-22-16-7-5-12(20(25)26)9-14(16)19(24)23-18/h5-11,21H,4H2,1-3H3,(H,25,26)(H,22,23,24). The summed E-state index contributed by atoms with van der Waals surface area (Å²) in [5, 5.41) is 9.24. The van der Waals surface area contributed by atoms with Gasteiger partial charge in [-0.25, -0.2) is 22.9 Å². The molecule has 3 rings (SSSR count). The van der Waals surface area contributed by atoms with E-state index >= 15 is 0 Å². The van der Waals surface area contributed by atoms with Crippen LogP contribution in [0.4, 0.5) is 0 Å². The van der Waals surface area contributed by atoms with Crippen LogP contribution in [0.3, 0.4) is 0 Å². The van der Waals surface area contributed by atoms with E-state index in [1.54, 1.807) is 6.92 Å². The molecule has 0 unspecified atom stereocenters. The zero-order chi connectivity index (χ0) is 22.1. The average molecular weight is 431 g/mol. The van der Waals surface area contributed by atoms with Crippen molar-refractivity contribution in [1.82, 2.24) is 14.7 Å². The Morgan fingerprint density at radius 2 is 1.97 bits per heavy atom. The van der Waals surface area contributed by atoms with Crippen LogP contribution < -0.4 is 15.0 Å². The summed E-state index contributed by atoms with van der Waals surface area (Å²) in [5.74, 6) is -0.695. The predicted molar refractivity (Wildman–Crippen MR) is 111 cm³/mol. The van der Waals surface area contributed by atoms with Crippen molar-refractivity contribution in [2.45, 2.75) is 31.8 Å². The summed E-state index contributed by atoms with van der Waals surface area (Å²) in [7, 11) is -3.74. The molecule has 0 amide bonds. The molecule has 10 heteroatoms. The van der Waals surface area contributed by atoms with Crippen LogP contribution in [0.5, 0.6) is 5.75 Å². The molecule has 0 fully saturated rings. The number of sulfonamides is 1. The number of aromatic amines is 1. The molecule has 0 saturated carbocycles. The van der Waals surface area contributed by atoms with E-state index in [2.05, 4.69) is 14.7 Å². The third-order valence-electron chi connectivity index (χ3n) is 4.17. The molecule has 0 aliphatic heterocycles. The Kier molecular flexibility index (Phi) is 5.90. The van der Waals surface area contributed by atoms with E-state index < -0.39 is 21.6 Å². The maximum absolute atomic E-state index is 12.6. The third-order valence-corrected chi connectivity index (χ3v) is 5.71. The predicted octanol–water partition coefficient (Wildman–Crippen LogP) is 2.37. The summed E-state index contributed by atoms with van der Waals surface area (Å²) < 4.78 is 33.1. The van der Waals surface area contributed by atoms with Crippen molar-refractivity contribution in [1.29, 1.82) is 0 Å². The van der Waals surface area contributed by atoms with Crippen LogP contribution in [0.25, 0.3) is 22.3 Å². The second-order valence-electron chi connectivity index (χ2n) is 6.78. The highest BCUT2D eigenvalue weighted by atomic mass is 32.2. The number of benzene rings is 2. The Bertz CT molecular complexity index is 1280. The first kappa shape index (κ1) is 21.5. The van der Waals surface area contributed by atoms with Crippen molar-refractivity contribution < 1.29 is 23.1 Å². The Balaban J connectivity index is 2.24. The molecule has 2 aromatic carbocycles. The molecule has 0 spiro atoms. The normalized spacial score (nSPS) is 11.7. The highest BCUT2D eigenvalue weighted by Gasteiger charge is 2.19. The second kappa shape index (κ2) is 8.25. The summed E-state index contributed by atoms with van der Waals surface area (Å²) in [5.41, 5.74) is -0.0168. The fourth-order valence-electron chi connectivity index (χ4n) is 2.89. The van der Waals surface area contributed by atoms with Gasteiger partial charge >= 0.3 is 5.97 Å². The van der Waals surface area contributed by atoms with Gasteiger partial charge in [-0.15, -0.1) is 0 Å². The van der Waals surface area contributed by atoms with Crippen molar-refractivity contribution in [3.63, 3.8) is 0 Å². The number of nitrogens with zero attached hydrogens (tertiary/aromatic N) is 1. The molecule has 0 saturated heterocycles. The van der Waals surface area contributed by atoms with Gasteiger partial charge in [0.25, 0.3) is 5.56 Å². The van der Waals surface area contributed by atoms with Gasteiger partial charge in [-0.1, -0.05) is 6.92 Å². The topological polar surface area (TPSA) is 138 Å². The van der Waals surface area contributed by atoms with E-state index in [9.17, 15) is 18.0 Å². The molecule has 9 nitrogen and oxygen atoms in total. The van der Waals surface area contributed by atoms with Crippen LogP contribution in [0.1, 0.15) is 31.1 Å². The van der Waals surface area contributed by atoms with Gasteiger partial charge in [0.2, 0.25) is 10.0 Å². The van der Waals surface area contributed by atoms with Gasteiger partial charge in [0.15, 0.2) is 0 Å². The summed E-state index contributed by atoms with van der Waals surface area (Å²) in [6, 6.07) is 8.32. The number of nitrogens with one attached hydrogen (secondary N) is 2. The molecule has 0 aliphatic carbocycles. The minimum atomic E-state index is -3.74. The van der Waals surface area contributed by atoms with Crippen molar-refractivity contribution in [3.8, 4) is 17.1 Å². The fraction of sp³-hybridized carbons (Fsp3) is 0.250. The van der Waals surface area contributed by atoms with Crippen LogP contribution >= 0.6 is 0 Å². The average Bonchev–Trinajstić information content (AvgIpc) is 2.67. The maximum atomic E-state index is 12.6. The lowest BCUT2D eigenvalue weighted by atomic mass is 10.1. The van der Waals surface area contributed by atoms with Gasteiger partial charge in [-0.05, 0) is 50.2 Å². The third kappa shape index (κ3) is 4.34. The van der Waals surface area contributed by atoms with Gasteiger partial charge in [-0.3, -0.25) is 4.79 Å². The van der Waals surface area contributed by atoms with Crippen LogP contribution in [0, 0.1) is 0 Å². The lowest BCUT2D eigenvalue weighted by Crippen LogP contribution is -2.23. The first-order valence-corrected chi connectivity index (χ1v) is 10.7. The monoisotopic (exact) mass is 431 g/mol. The van der Waals surface area contributed by atoms with E-state index in [0.717, 1.165) is 0 Å². The summed E-state index contributed by atoms with van der Waals surface area (Å²) >= 11 is 0. The molecule has 3 aromatic rings. The number of carboxylic acid groups (broad SMARTS) is 1. The molecular weight excluding hydrogens is 410 g/mol. The molecule has 30 heavy (non-hydrogen) atoms. The molecule has 3 N–H and O–H groups in total. The number of aromatic carboxylic acids is 1. The first-order valence-electron chi connectivity index (χ1n) is 9.20. The molecular formula is C20H21N3O6S. The lowest BCUT2D eigenvalue weighted by Gasteiger charge is -2.15. The SMILES string of the molecule is CCNS(=O)(=O)c1ccc(OC(C)C)c(-c2nc3ccc(C(=O)O)cc3c(=O)[nH]2)c1. The van der Waals surface area contributed by atoms with Crippen molar-refractivity contribution >= 4 is 26.9 Å². The van der Waals surface area contributed by atoms with Gasteiger partial charge in [-0.2, -0.15) is 0 Å². The maximum Gasteiger partial charge on any atom is 0.335 e. The number of H-pyrrole nitrogens is 1. The van der Waals surface area contributed by atoms with E-state index in [-0.39, 0.29) is 39.8 Å². The van der Waals surface area contributed by atoms with Gasteiger partial charge in [0, 0.05) is 6.54 Å². The second-order valence-corrected chi connectivity index (χ2v) is 8.54. The van der Waals surface area contributed by atoms with E-state index in [0.29, 0.717) is 11.3 Å². The Morgan fingerprint density at radius 3 is 2.60 bits per heavy atom. The van der Waals surface area contributed by atoms with Crippen molar-refractivity contribution in [2.24, 2.45) is 0 Å². The summed E-state index contributed by atoms with van der Waals surface area (Å²) in [4.78, 5) is 30.8. The molecule has 0 bridgehead atoms. The Morgan fingerprint density at radius 1 is 1.23 bits per heavy atom. The van der Waals surface area contributed by atoms with Crippen molar-refractivity contribution in [3.05, 3.63) is 52.3 Å². The highest BCUT2D eigenvalue weighted by Crippen LogP contribution is 2.31. The van der Waals surface area contributed by atoms with Gasteiger partial charge in [0.05, 0.1) is 33.0 Å². The molecule has 1 heterocycles. The quantitative estimate of drug-likeness (QED) is 0.522. The smallest absolute Gasteiger partial charge is 0.335 e. The van der Waals surface area contributed by atoms with Crippen LogP contribution in [-0.2, 0) is 10.0 Å². The molecule has 158 valence electrons. The Labute approximate surface area is 172 Å². The number of hydrogen-bond acceptors (Lipinski definition) is 6. The molecule has 0 radical (unpaired) electrons. The number of ether oxygens (including phenoxy) is 1. The van der Waals surface area contributed by atoms with E-state index in [1.165, 1.54) is 36.4 Å². The van der Waals surface area contributed by atoms with Gasteiger partial charge in [0.1, 0.15) is 11.6 Å². The van der Waals surface area contributed by atoms with E-state index in [1.807, 2.05) is 13.8 Å².